The van der Waals surface area contributed by atoms with E-state index in [0.717, 1.165) is 12.8 Å². The van der Waals surface area contributed by atoms with Gasteiger partial charge in [-0.2, -0.15) is 10.5 Å². The first kappa shape index (κ1) is 12.7. The van der Waals surface area contributed by atoms with Crippen molar-refractivity contribution < 1.29 is 4.79 Å². The summed E-state index contributed by atoms with van der Waals surface area (Å²) in [5, 5.41) is 23.4. The van der Waals surface area contributed by atoms with Crippen LogP contribution < -0.4 is 10.6 Å². The molecule has 0 bridgehead atoms. The maximum atomic E-state index is 11.9. The Morgan fingerprint density at radius 2 is 2.05 bits per heavy atom. The highest BCUT2D eigenvalue weighted by Crippen LogP contribution is 2.19. The molecule has 0 heterocycles. The minimum atomic E-state index is -0.515. The molecule has 5 heteroatoms. The first-order valence-electron chi connectivity index (χ1n) is 5.91. The molecule has 1 amide bonds. The van der Waals surface area contributed by atoms with Gasteiger partial charge in [-0.15, -0.1) is 0 Å². The summed E-state index contributed by atoms with van der Waals surface area (Å²) in [7, 11) is 0. The Balaban J connectivity index is 2.09. The Bertz CT molecular complexity index is 603. The summed E-state index contributed by atoms with van der Waals surface area (Å²) in [6.07, 6.45) is 3.56. The van der Waals surface area contributed by atoms with Crippen molar-refractivity contribution in [1.29, 1.82) is 10.5 Å². The average Bonchev–Trinajstić information content (AvgIpc) is 3.24. The normalized spacial score (nSPS) is 14.1. The Hall–Kier alpha value is -2.79. The summed E-state index contributed by atoms with van der Waals surface area (Å²) < 4.78 is 0. The molecular formula is C14H12N4O. The predicted octanol–water partition coefficient (Wildman–Crippen LogP) is 1.66. The molecule has 2 N–H and O–H groups in total. The minimum absolute atomic E-state index is 0.000331. The van der Waals surface area contributed by atoms with Crippen LogP contribution in [0.25, 0.3) is 0 Å². The van der Waals surface area contributed by atoms with Gasteiger partial charge in [-0.1, -0.05) is 12.1 Å². The van der Waals surface area contributed by atoms with Crippen LogP contribution in [0.4, 0.5) is 5.69 Å². The van der Waals surface area contributed by atoms with Crippen LogP contribution in [-0.2, 0) is 4.79 Å². The molecule has 0 unspecified atom stereocenters. The van der Waals surface area contributed by atoms with Crippen molar-refractivity contribution in [3.05, 3.63) is 41.6 Å². The van der Waals surface area contributed by atoms with Gasteiger partial charge in [0, 0.05) is 12.2 Å². The third-order valence-corrected chi connectivity index (χ3v) is 2.70. The molecule has 19 heavy (non-hydrogen) atoms. The van der Waals surface area contributed by atoms with Gasteiger partial charge in [0.1, 0.15) is 17.7 Å². The van der Waals surface area contributed by atoms with Gasteiger partial charge < -0.3 is 10.6 Å². The zero-order valence-corrected chi connectivity index (χ0v) is 10.2. The number of amides is 1. The van der Waals surface area contributed by atoms with Crippen LogP contribution in [0.1, 0.15) is 18.4 Å². The van der Waals surface area contributed by atoms with E-state index in [9.17, 15) is 4.79 Å². The smallest absolute Gasteiger partial charge is 0.267 e. The summed E-state index contributed by atoms with van der Waals surface area (Å²) >= 11 is 0. The first-order chi connectivity index (χ1) is 9.24. The van der Waals surface area contributed by atoms with E-state index in [1.807, 2.05) is 12.1 Å². The van der Waals surface area contributed by atoms with Crippen LogP contribution in [0.15, 0.2) is 36.0 Å². The fraction of sp³-hybridized carbons (Fsp3) is 0.214. The quantitative estimate of drug-likeness (QED) is 0.630. The highest BCUT2D eigenvalue weighted by Gasteiger charge is 2.20. The lowest BCUT2D eigenvalue weighted by molar-refractivity contribution is -0.112. The van der Waals surface area contributed by atoms with E-state index < -0.39 is 5.91 Å². The third kappa shape index (κ3) is 3.34. The van der Waals surface area contributed by atoms with E-state index in [1.54, 1.807) is 24.3 Å². The maximum Gasteiger partial charge on any atom is 0.267 e. The van der Waals surface area contributed by atoms with Gasteiger partial charge in [-0.3, -0.25) is 4.79 Å². The van der Waals surface area contributed by atoms with Crippen LogP contribution >= 0.6 is 0 Å². The maximum absolute atomic E-state index is 11.9. The van der Waals surface area contributed by atoms with E-state index in [2.05, 4.69) is 10.6 Å². The number of benzene rings is 1. The Kier molecular flexibility index (Phi) is 3.80. The van der Waals surface area contributed by atoms with E-state index in [4.69, 9.17) is 10.5 Å². The molecule has 0 aliphatic heterocycles. The van der Waals surface area contributed by atoms with Gasteiger partial charge >= 0.3 is 0 Å². The van der Waals surface area contributed by atoms with Gasteiger partial charge in [-0.25, -0.2) is 0 Å². The third-order valence-electron chi connectivity index (χ3n) is 2.70. The monoisotopic (exact) mass is 252 g/mol. The Morgan fingerprint density at radius 3 is 2.68 bits per heavy atom. The number of carbonyl (C=O) groups is 1. The molecule has 0 spiro atoms. The molecule has 1 aliphatic rings. The zero-order chi connectivity index (χ0) is 13.7. The second-order valence-electron chi connectivity index (χ2n) is 4.22. The van der Waals surface area contributed by atoms with Gasteiger partial charge in [0.05, 0.1) is 11.3 Å². The molecule has 1 fully saturated rings. The van der Waals surface area contributed by atoms with Crippen LogP contribution in [-0.4, -0.2) is 11.9 Å². The lowest BCUT2D eigenvalue weighted by Crippen LogP contribution is -2.18. The number of carbonyl (C=O) groups excluding carboxylic acids is 1. The lowest BCUT2D eigenvalue weighted by atomic mass is 10.2. The number of hydrogen-bond acceptors (Lipinski definition) is 4. The number of para-hydroxylation sites is 1. The highest BCUT2D eigenvalue weighted by molar-refractivity contribution is 6.07. The molecule has 1 aromatic rings. The number of nitrogens with one attached hydrogen (secondary N) is 2. The standard InChI is InChI=1S/C14H12N4O/c15-7-10-3-1-2-4-13(10)18-14(19)11(8-16)9-17-12-5-6-12/h1-4,9,12,17H,5-6H2,(H,18,19)/b11-9-. The van der Waals surface area contributed by atoms with Crippen LogP contribution in [0, 0.1) is 22.7 Å². The number of anilines is 1. The molecule has 1 aliphatic carbocycles. The fourth-order valence-electron chi connectivity index (χ4n) is 1.48. The summed E-state index contributed by atoms with van der Waals surface area (Å²) in [6.45, 7) is 0. The molecule has 0 saturated heterocycles. The van der Waals surface area contributed by atoms with Gasteiger partial charge in [-0.05, 0) is 25.0 Å². The van der Waals surface area contributed by atoms with E-state index in [0.29, 0.717) is 17.3 Å². The van der Waals surface area contributed by atoms with Crippen LogP contribution in [0.2, 0.25) is 0 Å². The van der Waals surface area contributed by atoms with Crippen molar-refractivity contribution in [3.63, 3.8) is 0 Å². The van der Waals surface area contributed by atoms with Gasteiger partial charge in [0.15, 0.2) is 0 Å². The van der Waals surface area contributed by atoms with Crippen molar-refractivity contribution >= 4 is 11.6 Å². The lowest BCUT2D eigenvalue weighted by Gasteiger charge is -2.06. The second-order valence-corrected chi connectivity index (χ2v) is 4.22. The summed E-state index contributed by atoms with van der Waals surface area (Å²) in [5.74, 6) is -0.515. The van der Waals surface area contributed by atoms with Crippen molar-refractivity contribution in [1.82, 2.24) is 5.32 Å². The first-order valence-corrected chi connectivity index (χ1v) is 5.91. The van der Waals surface area contributed by atoms with Crippen molar-refractivity contribution in [2.45, 2.75) is 18.9 Å². The largest absolute Gasteiger partial charge is 0.387 e. The molecule has 1 saturated carbocycles. The summed E-state index contributed by atoms with van der Waals surface area (Å²) in [5.41, 5.74) is 0.769. The van der Waals surface area contributed by atoms with Crippen molar-refractivity contribution in [3.8, 4) is 12.1 Å². The molecule has 0 aromatic heterocycles. The molecule has 94 valence electrons. The van der Waals surface area contributed by atoms with Gasteiger partial charge in [0.25, 0.3) is 5.91 Å². The molecule has 0 radical (unpaired) electrons. The number of nitriles is 2. The van der Waals surface area contributed by atoms with Gasteiger partial charge in [0.2, 0.25) is 0 Å². The van der Waals surface area contributed by atoms with Crippen molar-refractivity contribution in [2.75, 3.05) is 5.32 Å². The summed E-state index contributed by atoms with van der Waals surface area (Å²) in [4.78, 5) is 11.9. The molecule has 0 atom stereocenters. The topological polar surface area (TPSA) is 88.7 Å². The second kappa shape index (κ2) is 5.70. The fourth-order valence-corrected chi connectivity index (χ4v) is 1.48. The van der Waals surface area contributed by atoms with Crippen molar-refractivity contribution in [2.24, 2.45) is 0 Å². The minimum Gasteiger partial charge on any atom is -0.387 e. The zero-order valence-electron chi connectivity index (χ0n) is 10.2. The molecule has 2 rings (SSSR count). The molecule has 5 nitrogen and oxygen atoms in total. The highest BCUT2D eigenvalue weighted by atomic mass is 16.1. The molecule has 1 aromatic carbocycles. The summed E-state index contributed by atoms with van der Waals surface area (Å²) in [6, 6.07) is 10.9. The average molecular weight is 252 g/mol. The van der Waals surface area contributed by atoms with E-state index in [-0.39, 0.29) is 5.57 Å². The number of rotatable bonds is 4. The van der Waals surface area contributed by atoms with E-state index >= 15 is 0 Å². The van der Waals surface area contributed by atoms with Crippen LogP contribution in [0.5, 0.6) is 0 Å². The number of nitrogens with zero attached hydrogens (tertiary/aromatic N) is 2. The predicted molar refractivity (Wildman–Crippen MR) is 69.6 cm³/mol. The van der Waals surface area contributed by atoms with Crippen LogP contribution in [0.3, 0.4) is 0 Å². The Morgan fingerprint density at radius 1 is 1.32 bits per heavy atom. The SMILES string of the molecule is N#C/C(=C/NC1CC1)C(=O)Nc1ccccc1C#N. The molecular weight excluding hydrogens is 240 g/mol. The van der Waals surface area contributed by atoms with E-state index in [1.165, 1.54) is 6.20 Å². The Labute approximate surface area is 111 Å². The number of hydrogen-bond donors (Lipinski definition) is 2.